The second-order valence-electron chi connectivity index (χ2n) is 17.7. The van der Waals surface area contributed by atoms with Gasteiger partial charge in [0.1, 0.15) is 11.9 Å². The fourth-order valence-electron chi connectivity index (χ4n) is 10.1. The number of piperidine rings is 2. The van der Waals surface area contributed by atoms with E-state index in [1.165, 1.54) is 11.3 Å². The quantitative estimate of drug-likeness (QED) is 0.265. The number of likely N-dealkylation sites (tertiary alicyclic amines) is 2. The third-order valence-electron chi connectivity index (χ3n) is 13.8. The monoisotopic (exact) mass is 819 g/mol. The van der Waals surface area contributed by atoms with E-state index < -0.39 is 29.7 Å². The molecule has 8 rings (SSSR count). The fraction of sp³-hybridized carbons (Fsp3) is 0.511. The number of carbonyl (C=O) groups excluding carboxylic acids is 5. The molecule has 13 heteroatoms. The molecule has 3 aromatic rings. The Morgan fingerprint density at radius 2 is 1.57 bits per heavy atom. The van der Waals surface area contributed by atoms with Crippen LogP contribution in [-0.4, -0.2) is 139 Å². The number of anilines is 1. The van der Waals surface area contributed by atoms with Crippen LogP contribution in [0.3, 0.4) is 0 Å². The molecule has 3 aromatic carbocycles. The third kappa shape index (κ3) is 8.75. The Balaban J connectivity index is 0.760. The minimum absolute atomic E-state index is 0.0477. The molecule has 12 nitrogen and oxygen atoms in total. The van der Waals surface area contributed by atoms with Gasteiger partial charge in [-0.25, -0.2) is 4.39 Å². The van der Waals surface area contributed by atoms with Crippen molar-refractivity contribution in [1.82, 2.24) is 29.8 Å². The van der Waals surface area contributed by atoms with Gasteiger partial charge in [0.05, 0.1) is 11.1 Å². The van der Waals surface area contributed by atoms with Gasteiger partial charge in [-0.05, 0) is 107 Å². The number of amides is 5. The second kappa shape index (κ2) is 17.9. The lowest BCUT2D eigenvalue weighted by Crippen LogP contribution is -2.54. The van der Waals surface area contributed by atoms with Crippen molar-refractivity contribution in [2.45, 2.75) is 76.4 Å². The summed E-state index contributed by atoms with van der Waals surface area (Å²) in [6.45, 7) is 11.0. The first-order valence-corrected chi connectivity index (χ1v) is 21.8. The second-order valence-corrected chi connectivity index (χ2v) is 17.7. The molecule has 0 saturated carbocycles. The topological polar surface area (TPSA) is 117 Å². The van der Waals surface area contributed by atoms with E-state index in [9.17, 15) is 28.4 Å². The van der Waals surface area contributed by atoms with E-state index in [-0.39, 0.29) is 42.1 Å². The Bertz CT molecular complexity index is 2090. The minimum atomic E-state index is -1.02. The van der Waals surface area contributed by atoms with Gasteiger partial charge in [-0.15, -0.1) is 0 Å². The van der Waals surface area contributed by atoms with Crippen molar-refractivity contribution in [1.29, 1.82) is 0 Å². The first-order chi connectivity index (χ1) is 28.9. The molecular formula is C47H58FN7O5. The van der Waals surface area contributed by atoms with E-state index in [4.69, 9.17) is 0 Å². The highest BCUT2D eigenvalue weighted by Gasteiger charge is 2.45. The number of piperazine rings is 1. The number of benzene rings is 3. The predicted molar refractivity (Wildman–Crippen MR) is 227 cm³/mol. The zero-order valence-corrected chi connectivity index (χ0v) is 35.2. The number of likely N-dealkylation sites (N-methyl/N-ethyl adjacent to an activating group) is 1. The van der Waals surface area contributed by atoms with Gasteiger partial charge < -0.3 is 14.7 Å². The summed E-state index contributed by atoms with van der Waals surface area (Å²) in [5, 5.41) is 2.23. The molecule has 3 atom stereocenters. The van der Waals surface area contributed by atoms with Crippen LogP contribution in [0.4, 0.5) is 10.1 Å². The van der Waals surface area contributed by atoms with Crippen LogP contribution in [0.1, 0.15) is 87.4 Å². The van der Waals surface area contributed by atoms with Gasteiger partial charge in [0.15, 0.2) is 0 Å². The summed E-state index contributed by atoms with van der Waals surface area (Å²) < 4.78 is 14.7. The zero-order valence-electron chi connectivity index (χ0n) is 35.2. The number of fused-ring (bicyclic) bond motifs is 1. The maximum Gasteiger partial charge on any atom is 0.262 e. The van der Waals surface area contributed by atoms with Gasteiger partial charge in [0.2, 0.25) is 17.7 Å². The Hall–Kier alpha value is -4.98. The van der Waals surface area contributed by atoms with Crippen molar-refractivity contribution in [2.75, 3.05) is 77.9 Å². The molecule has 5 amide bonds. The molecule has 5 heterocycles. The number of aryl methyl sites for hydroxylation is 2. The molecule has 0 aliphatic carbocycles. The molecular weight excluding hydrogens is 762 g/mol. The molecule has 4 fully saturated rings. The maximum absolute atomic E-state index is 14.7. The van der Waals surface area contributed by atoms with E-state index in [1.807, 2.05) is 17.9 Å². The average molecular weight is 820 g/mol. The number of hydrogen-bond donors (Lipinski definition) is 1. The van der Waals surface area contributed by atoms with Gasteiger partial charge in [-0.2, -0.15) is 0 Å². The first-order valence-electron chi connectivity index (χ1n) is 21.8. The molecule has 5 aliphatic rings. The van der Waals surface area contributed by atoms with Crippen molar-refractivity contribution in [3.8, 4) is 0 Å². The third-order valence-corrected chi connectivity index (χ3v) is 13.8. The van der Waals surface area contributed by atoms with Crippen molar-refractivity contribution in [3.63, 3.8) is 0 Å². The number of nitrogens with zero attached hydrogens (tertiary/aromatic N) is 6. The average Bonchev–Trinajstić information content (AvgIpc) is 3.79. The first kappa shape index (κ1) is 41.7. The highest BCUT2D eigenvalue weighted by Crippen LogP contribution is 2.34. The highest BCUT2D eigenvalue weighted by molar-refractivity contribution is 6.24. The van der Waals surface area contributed by atoms with Crippen LogP contribution in [0.5, 0.6) is 0 Å². The van der Waals surface area contributed by atoms with E-state index >= 15 is 0 Å². The van der Waals surface area contributed by atoms with Crippen LogP contribution in [0.2, 0.25) is 0 Å². The number of nitrogens with one attached hydrogen (secondary N) is 1. The Morgan fingerprint density at radius 3 is 2.27 bits per heavy atom. The summed E-state index contributed by atoms with van der Waals surface area (Å²) in [7, 11) is 4.29. The SMILES string of the molecule is Cc1cccc(F)c1CN1C[C@H](c2ccc(N3CCN(CCC4CCN(C(=O)CCc5cccc6c5C(=O)N(C5CCC(=O)NC5=O)C6=O)CC4)CC3)cc2)[C@@H](N(C)C)C1. The molecule has 1 unspecified atom stereocenters. The van der Waals surface area contributed by atoms with Gasteiger partial charge in [-0.3, -0.25) is 44.0 Å². The molecule has 60 heavy (non-hydrogen) atoms. The lowest BCUT2D eigenvalue weighted by atomic mass is 9.92. The van der Waals surface area contributed by atoms with Crippen LogP contribution >= 0.6 is 0 Å². The fourth-order valence-corrected chi connectivity index (χ4v) is 10.1. The van der Waals surface area contributed by atoms with E-state index in [2.05, 4.69) is 63.3 Å². The van der Waals surface area contributed by atoms with Crippen molar-refractivity contribution >= 4 is 35.2 Å². The molecule has 0 bridgehead atoms. The van der Waals surface area contributed by atoms with Gasteiger partial charge in [0.25, 0.3) is 11.8 Å². The van der Waals surface area contributed by atoms with Crippen LogP contribution in [0.25, 0.3) is 0 Å². The number of carbonyl (C=O) groups is 5. The van der Waals surface area contributed by atoms with Gasteiger partial charge in [0, 0.05) is 95.0 Å². The highest BCUT2D eigenvalue weighted by atomic mass is 19.1. The number of hydrogen-bond acceptors (Lipinski definition) is 9. The molecule has 0 aromatic heterocycles. The van der Waals surface area contributed by atoms with E-state index in [1.54, 1.807) is 30.3 Å². The molecule has 4 saturated heterocycles. The number of imide groups is 2. The van der Waals surface area contributed by atoms with Crippen molar-refractivity contribution < 1.29 is 28.4 Å². The summed E-state index contributed by atoms with van der Waals surface area (Å²) in [4.78, 5) is 76.8. The largest absolute Gasteiger partial charge is 0.369 e. The summed E-state index contributed by atoms with van der Waals surface area (Å²) >= 11 is 0. The van der Waals surface area contributed by atoms with Crippen LogP contribution < -0.4 is 10.2 Å². The molecule has 318 valence electrons. The Labute approximate surface area is 352 Å². The molecule has 0 spiro atoms. The standard InChI is InChI=1S/C47H58FN7O5/c1-31-6-4-9-39(48)37(31)28-52-29-38(41(30-52)50(2)3)33-10-13-35(14-11-33)53-26-24-51(25-27-53)21-18-32-19-22-54(23-20-32)43(57)17-12-34-7-5-8-36-44(34)47(60)55(46(36)59)40-15-16-42(56)49-45(40)58/h4-11,13-14,32,38,40-41H,12,15-30H2,1-3H3,(H,49,56,58)/t38-,40?,41+/m1/s1. The van der Waals surface area contributed by atoms with Crippen LogP contribution in [-0.2, 0) is 27.3 Å². The zero-order chi connectivity index (χ0) is 42.1. The lowest BCUT2D eigenvalue weighted by molar-refractivity contribution is -0.136. The Morgan fingerprint density at radius 1 is 0.833 bits per heavy atom. The van der Waals surface area contributed by atoms with Gasteiger partial charge in [-0.1, -0.05) is 36.4 Å². The summed E-state index contributed by atoms with van der Waals surface area (Å²) in [6, 6.07) is 18.9. The lowest BCUT2D eigenvalue weighted by Gasteiger charge is -2.38. The summed E-state index contributed by atoms with van der Waals surface area (Å²) in [5.74, 6) is -1.25. The predicted octanol–water partition coefficient (Wildman–Crippen LogP) is 4.45. The number of rotatable bonds is 12. The molecule has 1 N–H and O–H groups in total. The maximum atomic E-state index is 14.7. The van der Waals surface area contributed by atoms with Crippen molar-refractivity contribution in [2.24, 2.45) is 5.92 Å². The molecule has 0 radical (unpaired) electrons. The van der Waals surface area contributed by atoms with E-state index in [0.717, 1.165) is 94.2 Å². The molecule has 5 aliphatic heterocycles. The van der Waals surface area contributed by atoms with Crippen LogP contribution in [0.15, 0.2) is 60.7 Å². The van der Waals surface area contributed by atoms with Crippen LogP contribution in [0, 0.1) is 18.7 Å². The summed E-state index contributed by atoms with van der Waals surface area (Å²) in [5.41, 5.74) is 5.54. The van der Waals surface area contributed by atoms with Gasteiger partial charge >= 0.3 is 0 Å². The summed E-state index contributed by atoms with van der Waals surface area (Å²) in [6.07, 6.45) is 3.80. The normalized spacial score (nSPS) is 23.2. The smallest absolute Gasteiger partial charge is 0.262 e. The Kier molecular flexibility index (Phi) is 12.5. The minimum Gasteiger partial charge on any atom is -0.369 e. The number of halogens is 1. The van der Waals surface area contributed by atoms with Crippen molar-refractivity contribution in [3.05, 3.63) is 99.9 Å². The van der Waals surface area contributed by atoms with E-state index in [0.29, 0.717) is 36.4 Å².